The number of nitrogens with one attached hydrogen (secondary N) is 2. The maximum Gasteiger partial charge on any atom is 0.191 e. The van der Waals surface area contributed by atoms with E-state index in [0.29, 0.717) is 12.0 Å². The number of aliphatic imine (C=N–C) groups is 1. The number of benzene rings is 1. The molecule has 0 amide bonds. The van der Waals surface area contributed by atoms with E-state index in [9.17, 15) is 0 Å². The van der Waals surface area contributed by atoms with Gasteiger partial charge < -0.3 is 20.1 Å². The Morgan fingerprint density at radius 3 is 2.53 bits per heavy atom. The molecule has 0 spiro atoms. The molecule has 30 heavy (non-hydrogen) atoms. The normalized spacial score (nSPS) is 16.6. The van der Waals surface area contributed by atoms with E-state index in [4.69, 9.17) is 14.5 Å². The van der Waals surface area contributed by atoms with Gasteiger partial charge in [-0.3, -0.25) is 9.89 Å². The van der Waals surface area contributed by atoms with Crippen LogP contribution in [-0.4, -0.2) is 70.0 Å². The van der Waals surface area contributed by atoms with E-state index in [1.165, 1.54) is 5.56 Å². The summed E-state index contributed by atoms with van der Waals surface area (Å²) in [5.41, 5.74) is 1.32. The summed E-state index contributed by atoms with van der Waals surface area (Å²) in [5.74, 6) is 1.55. The summed E-state index contributed by atoms with van der Waals surface area (Å²) < 4.78 is 11.3. The summed E-state index contributed by atoms with van der Waals surface area (Å²) in [6.07, 6.45) is 3.24. The van der Waals surface area contributed by atoms with E-state index in [-0.39, 0.29) is 0 Å². The van der Waals surface area contributed by atoms with Gasteiger partial charge in [0.2, 0.25) is 0 Å². The van der Waals surface area contributed by atoms with E-state index >= 15 is 0 Å². The monoisotopic (exact) mass is 418 g/mol. The highest BCUT2D eigenvalue weighted by atomic mass is 16.5. The first-order valence-corrected chi connectivity index (χ1v) is 11.7. The molecule has 1 unspecified atom stereocenters. The molecule has 1 fully saturated rings. The number of hydrogen-bond acceptors (Lipinski definition) is 4. The number of guanidine groups is 1. The van der Waals surface area contributed by atoms with Crippen LogP contribution in [0.3, 0.4) is 0 Å². The second-order valence-corrected chi connectivity index (χ2v) is 7.78. The van der Waals surface area contributed by atoms with Crippen molar-refractivity contribution in [2.45, 2.75) is 46.1 Å². The SMILES string of the molecule is CCNC(=NCC(c1ccccc1)N(CC)CC)NCCCOCC1CCOCC1. The van der Waals surface area contributed by atoms with Crippen molar-refractivity contribution in [2.24, 2.45) is 10.9 Å². The van der Waals surface area contributed by atoms with E-state index in [1.807, 2.05) is 0 Å². The van der Waals surface area contributed by atoms with Gasteiger partial charge in [0.25, 0.3) is 0 Å². The van der Waals surface area contributed by atoms with E-state index in [0.717, 1.165) is 84.4 Å². The van der Waals surface area contributed by atoms with E-state index in [1.54, 1.807) is 0 Å². The molecular weight excluding hydrogens is 376 g/mol. The Balaban J connectivity index is 1.79. The van der Waals surface area contributed by atoms with Crippen LogP contribution in [0.15, 0.2) is 35.3 Å². The number of rotatable bonds is 13. The lowest BCUT2D eigenvalue weighted by molar-refractivity contribution is 0.0203. The molecule has 1 aromatic carbocycles. The van der Waals surface area contributed by atoms with Gasteiger partial charge >= 0.3 is 0 Å². The summed E-state index contributed by atoms with van der Waals surface area (Å²) >= 11 is 0. The Morgan fingerprint density at radius 1 is 1.13 bits per heavy atom. The Morgan fingerprint density at radius 2 is 1.87 bits per heavy atom. The molecule has 0 radical (unpaired) electrons. The van der Waals surface area contributed by atoms with Gasteiger partial charge in [-0.05, 0) is 50.8 Å². The molecule has 1 aliphatic heterocycles. The Kier molecular flexibility index (Phi) is 12.5. The first-order chi connectivity index (χ1) is 14.8. The average Bonchev–Trinajstić information content (AvgIpc) is 2.80. The van der Waals surface area contributed by atoms with Crippen LogP contribution in [0.25, 0.3) is 0 Å². The minimum atomic E-state index is 0.291. The molecule has 0 bridgehead atoms. The fraction of sp³-hybridized carbons (Fsp3) is 0.708. The fourth-order valence-corrected chi connectivity index (χ4v) is 3.83. The molecule has 2 rings (SSSR count). The predicted molar refractivity (Wildman–Crippen MR) is 125 cm³/mol. The molecule has 0 aliphatic carbocycles. The number of hydrogen-bond donors (Lipinski definition) is 2. The zero-order chi connectivity index (χ0) is 21.4. The molecule has 1 aliphatic rings. The van der Waals surface area contributed by atoms with Crippen LogP contribution in [-0.2, 0) is 9.47 Å². The van der Waals surface area contributed by atoms with Crippen molar-refractivity contribution >= 4 is 5.96 Å². The van der Waals surface area contributed by atoms with Gasteiger partial charge in [0.05, 0.1) is 12.6 Å². The van der Waals surface area contributed by atoms with Crippen LogP contribution in [0.4, 0.5) is 0 Å². The molecular formula is C24H42N4O2. The Bertz CT molecular complexity index is 572. The molecule has 1 saturated heterocycles. The molecule has 1 heterocycles. The first kappa shape index (κ1) is 24.6. The summed E-state index contributed by atoms with van der Waals surface area (Å²) in [6.45, 7) is 14.4. The molecule has 6 nitrogen and oxygen atoms in total. The predicted octanol–water partition coefficient (Wildman–Crippen LogP) is 3.46. The summed E-state index contributed by atoms with van der Waals surface area (Å²) in [5, 5.41) is 6.83. The zero-order valence-corrected chi connectivity index (χ0v) is 19.2. The third kappa shape index (κ3) is 9.02. The lowest BCUT2D eigenvalue weighted by Gasteiger charge is -2.29. The molecule has 6 heteroatoms. The van der Waals surface area contributed by atoms with Crippen LogP contribution >= 0.6 is 0 Å². The highest BCUT2D eigenvalue weighted by molar-refractivity contribution is 5.79. The van der Waals surface area contributed by atoms with Crippen molar-refractivity contribution in [2.75, 3.05) is 59.2 Å². The number of nitrogens with zero attached hydrogens (tertiary/aromatic N) is 2. The van der Waals surface area contributed by atoms with Crippen LogP contribution in [0.2, 0.25) is 0 Å². The van der Waals surface area contributed by atoms with Gasteiger partial charge in [-0.2, -0.15) is 0 Å². The topological polar surface area (TPSA) is 58.1 Å². The van der Waals surface area contributed by atoms with Gasteiger partial charge in [0.15, 0.2) is 5.96 Å². The van der Waals surface area contributed by atoms with Gasteiger partial charge in [0.1, 0.15) is 0 Å². The quantitative estimate of drug-likeness (QED) is 0.292. The smallest absolute Gasteiger partial charge is 0.191 e. The lowest BCUT2D eigenvalue weighted by Crippen LogP contribution is -2.39. The van der Waals surface area contributed by atoms with Crippen molar-refractivity contribution in [3.05, 3.63) is 35.9 Å². The van der Waals surface area contributed by atoms with Crippen LogP contribution in [0.5, 0.6) is 0 Å². The van der Waals surface area contributed by atoms with Crippen molar-refractivity contribution in [1.82, 2.24) is 15.5 Å². The van der Waals surface area contributed by atoms with Crippen molar-refractivity contribution in [3.63, 3.8) is 0 Å². The molecule has 2 N–H and O–H groups in total. The second kappa shape index (κ2) is 15.2. The van der Waals surface area contributed by atoms with Gasteiger partial charge in [0, 0.05) is 39.5 Å². The zero-order valence-electron chi connectivity index (χ0n) is 19.2. The largest absolute Gasteiger partial charge is 0.381 e. The lowest BCUT2D eigenvalue weighted by atomic mass is 10.0. The van der Waals surface area contributed by atoms with Crippen LogP contribution in [0, 0.1) is 5.92 Å². The third-order valence-electron chi connectivity index (χ3n) is 5.66. The fourth-order valence-electron chi connectivity index (χ4n) is 3.83. The second-order valence-electron chi connectivity index (χ2n) is 7.78. The van der Waals surface area contributed by atoms with Crippen molar-refractivity contribution in [3.8, 4) is 0 Å². The standard InChI is InChI=1S/C24H42N4O2/c1-4-25-24(26-15-10-16-30-20-21-13-17-29-18-14-21)27-19-23(28(5-2)6-3)22-11-8-7-9-12-22/h7-9,11-12,21,23H,4-6,10,13-20H2,1-3H3,(H2,25,26,27). The van der Waals surface area contributed by atoms with Gasteiger partial charge in [-0.15, -0.1) is 0 Å². The van der Waals surface area contributed by atoms with Crippen molar-refractivity contribution in [1.29, 1.82) is 0 Å². The highest BCUT2D eigenvalue weighted by Crippen LogP contribution is 2.20. The van der Waals surface area contributed by atoms with Crippen LogP contribution in [0.1, 0.15) is 51.6 Å². The maximum atomic E-state index is 5.87. The number of likely N-dealkylation sites (N-methyl/N-ethyl adjacent to an activating group) is 1. The Hall–Kier alpha value is -1.63. The molecule has 1 aromatic rings. The maximum absolute atomic E-state index is 5.87. The molecule has 170 valence electrons. The van der Waals surface area contributed by atoms with E-state index in [2.05, 4.69) is 66.6 Å². The van der Waals surface area contributed by atoms with Crippen molar-refractivity contribution < 1.29 is 9.47 Å². The summed E-state index contributed by atoms with van der Waals surface area (Å²) in [6, 6.07) is 11.0. The number of ether oxygens (including phenoxy) is 2. The molecule has 1 atom stereocenters. The first-order valence-electron chi connectivity index (χ1n) is 11.7. The minimum absolute atomic E-state index is 0.291. The summed E-state index contributed by atoms with van der Waals surface area (Å²) in [7, 11) is 0. The third-order valence-corrected chi connectivity index (χ3v) is 5.66. The van der Waals surface area contributed by atoms with Gasteiger partial charge in [-0.1, -0.05) is 44.2 Å². The minimum Gasteiger partial charge on any atom is -0.381 e. The average molecular weight is 419 g/mol. The molecule has 0 saturated carbocycles. The van der Waals surface area contributed by atoms with Gasteiger partial charge in [-0.25, -0.2) is 0 Å². The van der Waals surface area contributed by atoms with Crippen LogP contribution < -0.4 is 10.6 Å². The van der Waals surface area contributed by atoms with E-state index < -0.39 is 0 Å². The summed E-state index contributed by atoms with van der Waals surface area (Å²) in [4.78, 5) is 7.36. The Labute approximate surface area is 183 Å². The highest BCUT2D eigenvalue weighted by Gasteiger charge is 2.17. The molecule has 0 aromatic heterocycles.